The minimum Gasteiger partial charge on any atom is -0.457 e. The van der Waals surface area contributed by atoms with Gasteiger partial charge in [0.15, 0.2) is 5.82 Å². The van der Waals surface area contributed by atoms with Crippen LogP contribution in [-0.2, 0) is 19.4 Å². The van der Waals surface area contributed by atoms with Gasteiger partial charge in [0.05, 0.1) is 0 Å². The van der Waals surface area contributed by atoms with Gasteiger partial charge in [0, 0.05) is 41.2 Å². The maximum atomic E-state index is 6.37. The van der Waals surface area contributed by atoms with Crippen LogP contribution in [0.4, 0.5) is 0 Å². The molecule has 0 atom stereocenters. The standard InChI is InChI=1S/C26H23N5O/c1-2-5-17(6-3-1)13-24-29-26(31-30-24)18-7-4-8-20(14-18)32-23-10-9-22-25-19(15-28-22)11-12-27-16-21(23)25/h1-10,14-15,27-28H,11-13,16H2,(H,29,30,31). The van der Waals surface area contributed by atoms with Gasteiger partial charge in [-0.15, -0.1) is 0 Å². The summed E-state index contributed by atoms with van der Waals surface area (Å²) in [6, 6.07) is 22.4. The van der Waals surface area contributed by atoms with E-state index >= 15 is 0 Å². The third-order valence-corrected chi connectivity index (χ3v) is 5.93. The maximum absolute atomic E-state index is 6.37. The predicted octanol–water partition coefficient (Wildman–Crippen LogP) is 4.98. The van der Waals surface area contributed by atoms with E-state index in [-0.39, 0.29) is 0 Å². The fourth-order valence-electron chi connectivity index (χ4n) is 4.38. The lowest BCUT2D eigenvalue weighted by molar-refractivity contribution is 0.475. The normalized spacial score (nSPS) is 13.2. The third-order valence-electron chi connectivity index (χ3n) is 5.93. The van der Waals surface area contributed by atoms with Crippen LogP contribution in [0.5, 0.6) is 11.5 Å². The fraction of sp³-hybridized carbons (Fsp3) is 0.154. The van der Waals surface area contributed by atoms with Gasteiger partial charge in [-0.05, 0) is 48.4 Å². The van der Waals surface area contributed by atoms with Gasteiger partial charge >= 0.3 is 0 Å². The molecular formula is C26H23N5O. The molecule has 0 spiro atoms. The van der Waals surface area contributed by atoms with Gasteiger partial charge < -0.3 is 15.0 Å². The summed E-state index contributed by atoms with van der Waals surface area (Å²) in [7, 11) is 0. The Labute approximate surface area is 185 Å². The van der Waals surface area contributed by atoms with Gasteiger partial charge in [-0.25, -0.2) is 4.98 Å². The van der Waals surface area contributed by atoms with Crippen LogP contribution in [-0.4, -0.2) is 26.7 Å². The highest BCUT2D eigenvalue weighted by molar-refractivity contribution is 5.89. The first-order chi connectivity index (χ1) is 15.8. The second-order valence-electron chi connectivity index (χ2n) is 8.10. The molecule has 0 aliphatic carbocycles. The molecule has 0 fully saturated rings. The quantitative estimate of drug-likeness (QED) is 0.374. The molecule has 6 rings (SSSR count). The summed E-state index contributed by atoms with van der Waals surface area (Å²) in [6.45, 7) is 1.76. The molecule has 0 saturated carbocycles. The van der Waals surface area contributed by atoms with Gasteiger partial charge in [0.1, 0.15) is 17.3 Å². The number of nitrogens with one attached hydrogen (secondary N) is 3. The number of benzene rings is 3. The van der Waals surface area contributed by atoms with E-state index in [1.165, 1.54) is 22.1 Å². The summed E-state index contributed by atoms with van der Waals surface area (Å²) < 4.78 is 6.37. The summed E-state index contributed by atoms with van der Waals surface area (Å²) in [5.41, 5.74) is 5.82. The maximum Gasteiger partial charge on any atom is 0.181 e. The molecule has 0 unspecified atom stereocenters. The molecule has 5 aromatic rings. The Hall–Kier alpha value is -3.90. The van der Waals surface area contributed by atoms with Crippen LogP contribution in [0, 0.1) is 0 Å². The zero-order valence-electron chi connectivity index (χ0n) is 17.6. The minimum atomic E-state index is 0.671. The molecule has 1 aliphatic rings. The molecule has 0 radical (unpaired) electrons. The fourth-order valence-corrected chi connectivity index (χ4v) is 4.38. The number of aromatic amines is 2. The van der Waals surface area contributed by atoms with Crippen LogP contribution in [0.15, 0.2) is 72.9 Å². The van der Waals surface area contributed by atoms with Crippen molar-refractivity contribution >= 4 is 10.9 Å². The lowest BCUT2D eigenvalue weighted by Crippen LogP contribution is -2.14. The van der Waals surface area contributed by atoms with Gasteiger partial charge in [0.2, 0.25) is 0 Å². The number of hydrogen-bond donors (Lipinski definition) is 3. The average Bonchev–Trinajstić information content (AvgIpc) is 3.40. The molecule has 3 heterocycles. The van der Waals surface area contributed by atoms with Gasteiger partial charge in [-0.3, -0.25) is 5.10 Å². The van der Waals surface area contributed by atoms with Crippen molar-refractivity contribution in [3.05, 3.63) is 95.4 Å². The van der Waals surface area contributed by atoms with Crippen molar-refractivity contribution < 1.29 is 4.74 Å². The van der Waals surface area contributed by atoms with E-state index in [0.29, 0.717) is 5.82 Å². The first-order valence-electron chi connectivity index (χ1n) is 10.9. The second-order valence-corrected chi connectivity index (χ2v) is 8.10. The molecule has 0 saturated heterocycles. The highest BCUT2D eigenvalue weighted by Gasteiger charge is 2.17. The Morgan fingerprint density at radius 3 is 2.84 bits per heavy atom. The highest BCUT2D eigenvalue weighted by atomic mass is 16.5. The predicted molar refractivity (Wildman–Crippen MR) is 125 cm³/mol. The highest BCUT2D eigenvalue weighted by Crippen LogP contribution is 2.35. The van der Waals surface area contributed by atoms with Crippen molar-refractivity contribution in [2.75, 3.05) is 6.54 Å². The van der Waals surface area contributed by atoms with E-state index in [4.69, 9.17) is 4.74 Å². The van der Waals surface area contributed by atoms with Crippen molar-refractivity contribution in [1.29, 1.82) is 0 Å². The molecule has 3 N–H and O–H groups in total. The van der Waals surface area contributed by atoms with Crippen LogP contribution in [0.1, 0.15) is 22.5 Å². The lowest BCUT2D eigenvalue weighted by atomic mass is 10.0. The summed E-state index contributed by atoms with van der Waals surface area (Å²) in [5.74, 6) is 3.16. The van der Waals surface area contributed by atoms with Crippen LogP contribution < -0.4 is 10.1 Å². The Kier molecular flexibility index (Phi) is 4.70. The summed E-state index contributed by atoms with van der Waals surface area (Å²) >= 11 is 0. The van der Waals surface area contributed by atoms with Crippen LogP contribution in [0.25, 0.3) is 22.3 Å². The van der Waals surface area contributed by atoms with Crippen LogP contribution in [0.3, 0.4) is 0 Å². The first-order valence-corrected chi connectivity index (χ1v) is 10.9. The van der Waals surface area contributed by atoms with E-state index in [0.717, 1.165) is 54.3 Å². The molecule has 32 heavy (non-hydrogen) atoms. The Balaban J connectivity index is 1.28. The number of H-pyrrole nitrogens is 2. The molecule has 0 amide bonds. The molecule has 6 heteroatoms. The molecule has 158 valence electrons. The van der Waals surface area contributed by atoms with E-state index in [9.17, 15) is 0 Å². The van der Waals surface area contributed by atoms with Crippen molar-refractivity contribution in [2.45, 2.75) is 19.4 Å². The van der Waals surface area contributed by atoms with E-state index in [2.05, 4.69) is 49.9 Å². The molecule has 2 aromatic heterocycles. The van der Waals surface area contributed by atoms with E-state index in [1.807, 2.05) is 48.5 Å². The Bertz CT molecular complexity index is 1390. The largest absolute Gasteiger partial charge is 0.457 e. The van der Waals surface area contributed by atoms with Gasteiger partial charge in [0.25, 0.3) is 0 Å². The van der Waals surface area contributed by atoms with Crippen molar-refractivity contribution in [3.8, 4) is 22.9 Å². The Morgan fingerprint density at radius 1 is 0.969 bits per heavy atom. The number of aromatic nitrogens is 4. The average molecular weight is 422 g/mol. The monoisotopic (exact) mass is 421 g/mol. The molecule has 6 nitrogen and oxygen atoms in total. The van der Waals surface area contributed by atoms with Crippen molar-refractivity contribution in [2.24, 2.45) is 0 Å². The molecule has 0 bridgehead atoms. The van der Waals surface area contributed by atoms with E-state index in [1.54, 1.807) is 0 Å². The number of hydrogen-bond acceptors (Lipinski definition) is 4. The lowest BCUT2D eigenvalue weighted by Gasteiger charge is -2.13. The van der Waals surface area contributed by atoms with Gasteiger partial charge in [-0.2, -0.15) is 5.10 Å². The number of ether oxygens (including phenoxy) is 1. The first kappa shape index (κ1) is 18.8. The summed E-state index contributed by atoms with van der Waals surface area (Å²) in [6.07, 6.45) is 3.85. The molecular weight excluding hydrogens is 398 g/mol. The Morgan fingerprint density at radius 2 is 1.91 bits per heavy atom. The smallest absolute Gasteiger partial charge is 0.181 e. The van der Waals surface area contributed by atoms with Crippen molar-refractivity contribution in [3.63, 3.8) is 0 Å². The number of nitrogens with zero attached hydrogens (tertiary/aromatic N) is 2. The summed E-state index contributed by atoms with van der Waals surface area (Å²) in [4.78, 5) is 8.07. The van der Waals surface area contributed by atoms with E-state index < -0.39 is 0 Å². The SMILES string of the molecule is c1ccc(Cc2nc(-c3cccc(Oc4ccc5[nH]cc6c5c4CNCC6)c3)n[nH]2)cc1. The molecule has 3 aromatic carbocycles. The van der Waals surface area contributed by atoms with Gasteiger partial charge in [-0.1, -0.05) is 42.5 Å². The zero-order chi connectivity index (χ0) is 21.3. The number of rotatable bonds is 5. The van der Waals surface area contributed by atoms with Crippen LogP contribution >= 0.6 is 0 Å². The summed E-state index contributed by atoms with van der Waals surface area (Å²) in [5, 5.41) is 12.3. The third kappa shape index (κ3) is 3.55. The molecule has 1 aliphatic heterocycles. The van der Waals surface area contributed by atoms with Crippen LogP contribution in [0.2, 0.25) is 0 Å². The minimum absolute atomic E-state index is 0.671. The zero-order valence-corrected chi connectivity index (χ0v) is 17.6. The second kappa shape index (κ2) is 7.98. The van der Waals surface area contributed by atoms with Crippen molar-refractivity contribution in [1.82, 2.24) is 25.5 Å². The topological polar surface area (TPSA) is 78.6 Å².